The topological polar surface area (TPSA) is 70.5 Å². The molecule has 0 unspecified atom stereocenters. The lowest BCUT2D eigenvalue weighted by Gasteiger charge is -2.58. The van der Waals surface area contributed by atoms with Crippen LogP contribution >= 0.6 is 0 Å². The number of benzene rings is 1. The van der Waals surface area contributed by atoms with Gasteiger partial charge in [-0.15, -0.1) is 0 Å². The van der Waals surface area contributed by atoms with Gasteiger partial charge in [0.25, 0.3) is 0 Å². The predicted octanol–water partition coefficient (Wildman–Crippen LogP) is 9.89. The van der Waals surface area contributed by atoms with E-state index in [4.69, 9.17) is 16.4 Å². The van der Waals surface area contributed by atoms with Gasteiger partial charge in [0.15, 0.2) is 0 Å². The van der Waals surface area contributed by atoms with Gasteiger partial charge in [-0.2, -0.15) is 22.4 Å². The Morgan fingerprint density at radius 1 is 0.953 bits per heavy atom. The first-order chi connectivity index (χ1) is 20.1. The zero-order chi connectivity index (χ0) is 31.4. The third kappa shape index (κ3) is 5.84. The second kappa shape index (κ2) is 11.9. The monoisotopic (exact) mass is 608 g/mol. The van der Waals surface area contributed by atoms with E-state index in [9.17, 15) is 17.6 Å². The maximum absolute atomic E-state index is 14.8. The van der Waals surface area contributed by atoms with E-state index < -0.39 is 29.4 Å². The average Bonchev–Trinajstić information content (AvgIpc) is 3.28. The zero-order valence-electron chi connectivity index (χ0n) is 26.6. The lowest BCUT2D eigenvalue weighted by molar-refractivity contribution is -0.501. The second-order valence-electron chi connectivity index (χ2n) is 15.3. The summed E-state index contributed by atoms with van der Waals surface area (Å²) in [7, 11) is 0. The first-order valence-electron chi connectivity index (χ1n) is 16.5. The van der Waals surface area contributed by atoms with E-state index in [1.165, 1.54) is 50.5 Å². The molecule has 0 saturated heterocycles. The van der Waals surface area contributed by atoms with Crippen LogP contribution in [0.1, 0.15) is 111 Å². The fraction of sp³-hybridized carbons (Fsp3) is 0.771. The number of fused-ring (bicyclic) bond motifs is 5. The first-order valence-corrected chi connectivity index (χ1v) is 16.5. The molecule has 4 nitrogen and oxygen atoms in total. The summed E-state index contributed by atoms with van der Waals surface area (Å²) < 4.78 is 59.0. The summed E-state index contributed by atoms with van der Waals surface area (Å²) >= 11 is 0. The van der Waals surface area contributed by atoms with Crippen molar-refractivity contribution in [3.8, 4) is 0 Å². The minimum absolute atomic E-state index is 0.0179. The molecule has 242 valence electrons. The van der Waals surface area contributed by atoms with Crippen LogP contribution < -0.4 is 11.5 Å². The van der Waals surface area contributed by atoms with Gasteiger partial charge in [-0.05, 0) is 116 Å². The molecule has 0 amide bonds. The van der Waals surface area contributed by atoms with Gasteiger partial charge in [0.2, 0.25) is 0 Å². The Kier molecular flexibility index (Phi) is 8.98. The molecule has 0 spiro atoms. The molecule has 4 aliphatic carbocycles. The van der Waals surface area contributed by atoms with Crippen molar-refractivity contribution in [2.24, 2.45) is 46.3 Å². The van der Waals surface area contributed by atoms with Crippen molar-refractivity contribution in [3.05, 3.63) is 35.4 Å². The molecule has 5 rings (SSSR count). The van der Waals surface area contributed by atoms with Crippen LogP contribution in [0.25, 0.3) is 0 Å². The summed E-state index contributed by atoms with van der Waals surface area (Å²) in [6.07, 6.45) is 8.42. The Balaban J connectivity index is 1.23. The van der Waals surface area contributed by atoms with Crippen molar-refractivity contribution < 1.29 is 27.3 Å². The number of hydrogen-bond acceptors (Lipinski definition) is 4. The zero-order valence-corrected chi connectivity index (χ0v) is 26.6. The number of anilines is 2. The molecule has 3 saturated carbocycles. The molecule has 0 bridgehead atoms. The molecule has 4 N–H and O–H groups in total. The number of nitrogen functional groups attached to an aromatic ring is 2. The standard InChI is InChI=1S/C35H52F4N2O2/c1-21(2)7-6-8-22(3)27-13-14-28-26-11-9-23-19-25(15-17-32(23,4)29(26)16-18-33(27,28)5)42-43-35(38,39)34(36,37)30-12-10-24(40)20-31(30)41/h9-10,12,20-22,25-29H,6-8,11,13-19,40-41H2,1-5H3/t22-,25+,26+,27-,28+,29+,32+,33-/m1/s1. The van der Waals surface area contributed by atoms with Gasteiger partial charge in [0, 0.05) is 11.4 Å². The van der Waals surface area contributed by atoms with Crippen molar-refractivity contribution in [3.63, 3.8) is 0 Å². The molecule has 0 radical (unpaired) electrons. The maximum Gasteiger partial charge on any atom is 0.449 e. The van der Waals surface area contributed by atoms with E-state index in [0.29, 0.717) is 30.1 Å². The molecular formula is C35H52F4N2O2. The molecule has 8 atom stereocenters. The van der Waals surface area contributed by atoms with E-state index in [1.54, 1.807) is 0 Å². The predicted molar refractivity (Wildman–Crippen MR) is 163 cm³/mol. The highest BCUT2D eigenvalue weighted by Crippen LogP contribution is 2.67. The highest BCUT2D eigenvalue weighted by Gasteiger charge is 2.62. The maximum atomic E-state index is 14.8. The minimum atomic E-state index is -4.90. The summed E-state index contributed by atoms with van der Waals surface area (Å²) in [5.74, 6) is -0.470. The molecule has 0 heterocycles. The van der Waals surface area contributed by atoms with E-state index in [1.807, 2.05) is 0 Å². The lowest BCUT2D eigenvalue weighted by atomic mass is 9.47. The highest BCUT2D eigenvalue weighted by atomic mass is 19.3. The smallest absolute Gasteiger partial charge is 0.399 e. The highest BCUT2D eigenvalue weighted by molar-refractivity contribution is 5.58. The lowest BCUT2D eigenvalue weighted by Crippen LogP contribution is -2.51. The number of allylic oxidation sites excluding steroid dienone is 1. The number of halogens is 4. The SMILES string of the molecule is CC(C)CCC[C@@H](C)[C@H]1CC[C@H]2[C@@H]3CC=C4C[C@@H](OOC(F)(F)C(F)(F)c5ccc(N)cc5N)CC[C@]4(C)[C@H]3CC[C@]12C. The summed E-state index contributed by atoms with van der Waals surface area (Å²) in [6.45, 7) is 12.0. The Morgan fingerprint density at radius 2 is 1.70 bits per heavy atom. The van der Waals surface area contributed by atoms with Crippen molar-refractivity contribution in [2.75, 3.05) is 11.5 Å². The van der Waals surface area contributed by atoms with Gasteiger partial charge in [0.1, 0.15) is 0 Å². The van der Waals surface area contributed by atoms with Crippen molar-refractivity contribution in [1.29, 1.82) is 0 Å². The number of nitrogens with two attached hydrogens (primary N) is 2. The van der Waals surface area contributed by atoms with E-state index >= 15 is 0 Å². The van der Waals surface area contributed by atoms with Gasteiger partial charge in [0.05, 0.1) is 11.7 Å². The van der Waals surface area contributed by atoms with E-state index in [0.717, 1.165) is 54.7 Å². The van der Waals surface area contributed by atoms with Crippen LogP contribution in [0.2, 0.25) is 0 Å². The van der Waals surface area contributed by atoms with Gasteiger partial charge in [-0.3, -0.25) is 0 Å². The Bertz CT molecular complexity index is 1190. The average molecular weight is 609 g/mol. The molecule has 43 heavy (non-hydrogen) atoms. The molecule has 1 aromatic rings. The van der Waals surface area contributed by atoms with Crippen LogP contribution in [0.3, 0.4) is 0 Å². The van der Waals surface area contributed by atoms with Crippen LogP contribution in [0.5, 0.6) is 0 Å². The van der Waals surface area contributed by atoms with Crippen LogP contribution in [0.15, 0.2) is 29.8 Å². The quantitative estimate of drug-likeness (QED) is 0.0912. The third-order valence-electron chi connectivity index (χ3n) is 12.3. The molecule has 8 heteroatoms. The number of rotatable bonds is 10. The van der Waals surface area contributed by atoms with Crippen LogP contribution in [-0.2, 0) is 15.7 Å². The van der Waals surface area contributed by atoms with Gasteiger partial charge >= 0.3 is 12.0 Å². The summed E-state index contributed by atoms with van der Waals surface area (Å²) in [5, 5.41) is 0. The minimum Gasteiger partial charge on any atom is -0.399 e. The van der Waals surface area contributed by atoms with Crippen LogP contribution in [-0.4, -0.2) is 12.2 Å². The van der Waals surface area contributed by atoms with E-state index in [2.05, 4.69) is 45.6 Å². The summed E-state index contributed by atoms with van der Waals surface area (Å²) in [6, 6.07) is 2.93. The summed E-state index contributed by atoms with van der Waals surface area (Å²) in [5.41, 5.74) is 11.2. The van der Waals surface area contributed by atoms with Crippen molar-refractivity contribution in [1.82, 2.24) is 0 Å². The third-order valence-corrected chi connectivity index (χ3v) is 12.3. The fourth-order valence-corrected chi connectivity index (χ4v) is 9.94. The fourth-order valence-electron chi connectivity index (χ4n) is 9.94. The molecule has 4 aliphatic rings. The molecule has 1 aromatic carbocycles. The largest absolute Gasteiger partial charge is 0.449 e. The molecular weight excluding hydrogens is 556 g/mol. The van der Waals surface area contributed by atoms with Crippen molar-refractivity contribution >= 4 is 11.4 Å². The van der Waals surface area contributed by atoms with Crippen molar-refractivity contribution in [2.45, 2.75) is 123 Å². The Hall–Kier alpha value is -1.80. The van der Waals surface area contributed by atoms with Gasteiger partial charge < -0.3 is 11.5 Å². The summed E-state index contributed by atoms with van der Waals surface area (Å²) in [4.78, 5) is 9.33. The van der Waals surface area contributed by atoms with Crippen LogP contribution in [0, 0.1) is 46.3 Å². The Morgan fingerprint density at radius 3 is 2.40 bits per heavy atom. The van der Waals surface area contributed by atoms with E-state index in [-0.39, 0.29) is 11.1 Å². The van der Waals surface area contributed by atoms with Gasteiger partial charge in [-0.1, -0.05) is 65.5 Å². The molecule has 0 aliphatic heterocycles. The van der Waals surface area contributed by atoms with Crippen LogP contribution in [0.4, 0.5) is 28.9 Å². The first kappa shape index (κ1) is 32.6. The Labute approximate surface area is 255 Å². The van der Waals surface area contributed by atoms with Gasteiger partial charge in [-0.25, -0.2) is 4.89 Å². The normalized spacial score (nSPS) is 35.2. The second-order valence-corrected chi connectivity index (χ2v) is 15.3. The molecule has 3 fully saturated rings. The number of alkyl halides is 4. The molecule has 0 aromatic heterocycles. The number of hydrogen-bond donors (Lipinski definition) is 2.